The van der Waals surface area contributed by atoms with Crippen molar-refractivity contribution in [2.45, 2.75) is 25.3 Å². The highest BCUT2D eigenvalue weighted by molar-refractivity contribution is 7.17. The number of carbonyl (C=O) groups excluding carboxylic acids is 2. The number of primary amides is 1. The lowest BCUT2D eigenvalue weighted by Crippen LogP contribution is -2.50. The van der Waals surface area contributed by atoms with Gasteiger partial charge < -0.3 is 10.6 Å². The van der Waals surface area contributed by atoms with Crippen molar-refractivity contribution >= 4 is 23.2 Å². The summed E-state index contributed by atoms with van der Waals surface area (Å²) in [6.45, 7) is 0.552. The van der Waals surface area contributed by atoms with Crippen LogP contribution in [-0.2, 0) is 4.79 Å². The van der Waals surface area contributed by atoms with Crippen molar-refractivity contribution in [3.63, 3.8) is 0 Å². The predicted octanol–water partition coefficient (Wildman–Crippen LogP) is 3.03. The molecule has 0 spiro atoms. The Balaban J connectivity index is 1.83. The second kappa shape index (κ2) is 6.50. The molecule has 0 bridgehead atoms. The van der Waals surface area contributed by atoms with E-state index < -0.39 is 11.9 Å². The fourth-order valence-electron chi connectivity index (χ4n) is 2.83. The van der Waals surface area contributed by atoms with Gasteiger partial charge in [-0.2, -0.15) is 0 Å². The highest BCUT2D eigenvalue weighted by Gasteiger charge is 2.31. The first-order valence-corrected chi connectivity index (χ1v) is 8.34. The van der Waals surface area contributed by atoms with Crippen LogP contribution in [0.1, 0.15) is 28.9 Å². The van der Waals surface area contributed by atoms with Gasteiger partial charge in [0.1, 0.15) is 11.9 Å². The van der Waals surface area contributed by atoms with E-state index in [1.165, 1.54) is 23.5 Å². The molecule has 2 amide bonds. The second-order valence-electron chi connectivity index (χ2n) is 5.58. The van der Waals surface area contributed by atoms with Crippen LogP contribution >= 0.6 is 11.3 Å². The van der Waals surface area contributed by atoms with Crippen molar-refractivity contribution in [1.29, 1.82) is 0 Å². The van der Waals surface area contributed by atoms with Crippen LogP contribution in [0.4, 0.5) is 4.39 Å². The molecule has 23 heavy (non-hydrogen) atoms. The van der Waals surface area contributed by atoms with Gasteiger partial charge in [0.2, 0.25) is 5.91 Å². The van der Waals surface area contributed by atoms with E-state index in [0.29, 0.717) is 17.8 Å². The van der Waals surface area contributed by atoms with Gasteiger partial charge >= 0.3 is 0 Å². The first-order valence-electron chi connectivity index (χ1n) is 7.52. The molecule has 1 atom stereocenters. The summed E-state index contributed by atoms with van der Waals surface area (Å²) in [5.41, 5.74) is 6.28. The lowest BCUT2D eigenvalue weighted by Gasteiger charge is -2.33. The first-order chi connectivity index (χ1) is 11.1. The maximum absolute atomic E-state index is 13.0. The minimum atomic E-state index is -0.521. The van der Waals surface area contributed by atoms with E-state index >= 15 is 0 Å². The van der Waals surface area contributed by atoms with Crippen LogP contribution in [-0.4, -0.2) is 29.3 Å². The largest absolute Gasteiger partial charge is 0.368 e. The summed E-state index contributed by atoms with van der Waals surface area (Å²) in [7, 11) is 0. The molecule has 0 aliphatic carbocycles. The third-order valence-corrected chi connectivity index (χ3v) is 5.16. The van der Waals surface area contributed by atoms with Crippen molar-refractivity contribution < 1.29 is 14.0 Å². The molecular weight excluding hydrogens is 315 g/mol. The average Bonchev–Trinajstić information content (AvgIpc) is 3.04. The average molecular weight is 332 g/mol. The molecule has 2 aromatic rings. The highest BCUT2D eigenvalue weighted by atomic mass is 32.1. The Morgan fingerprint density at radius 3 is 2.57 bits per heavy atom. The van der Waals surface area contributed by atoms with Gasteiger partial charge in [-0.3, -0.25) is 9.59 Å². The van der Waals surface area contributed by atoms with Crippen LogP contribution in [0.25, 0.3) is 10.4 Å². The van der Waals surface area contributed by atoms with E-state index in [1.54, 1.807) is 23.1 Å². The number of piperidine rings is 1. The number of thiophene rings is 1. The zero-order valence-electron chi connectivity index (χ0n) is 12.5. The first kappa shape index (κ1) is 15.7. The SMILES string of the molecule is NC(=O)[C@@H]1CCCCN1C(=O)c1ccc(-c2ccc(F)cc2)s1. The van der Waals surface area contributed by atoms with Gasteiger partial charge in [0.25, 0.3) is 5.91 Å². The Morgan fingerprint density at radius 1 is 1.13 bits per heavy atom. The minimum absolute atomic E-state index is 0.160. The van der Waals surface area contributed by atoms with E-state index in [1.807, 2.05) is 6.07 Å². The summed E-state index contributed by atoms with van der Waals surface area (Å²) in [5.74, 6) is -0.903. The fraction of sp³-hybridized carbons (Fsp3) is 0.294. The number of carbonyl (C=O) groups is 2. The number of nitrogens with two attached hydrogens (primary N) is 1. The van der Waals surface area contributed by atoms with Gasteiger partial charge in [0, 0.05) is 11.4 Å². The molecule has 1 aliphatic heterocycles. The molecule has 1 aromatic heterocycles. The summed E-state index contributed by atoms with van der Waals surface area (Å²) in [6, 6.07) is 9.22. The Labute approximate surface area is 137 Å². The lowest BCUT2D eigenvalue weighted by molar-refractivity contribution is -0.123. The Bertz CT molecular complexity index is 726. The minimum Gasteiger partial charge on any atom is -0.368 e. The van der Waals surface area contributed by atoms with Gasteiger partial charge in [-0.15, -0.1) is 11.3 Å². The molecule has 0 saturated carbocycles. The molecule has 3 rings (SSSR count). The zero-order valence-corrected chi connectivity index (χ0v) is 13.3. The predicted molar refractivity (Wildman–Crippen MR) is 87.6 cm³/mol. The topological polar surface area (TPSA) is 63.4 Å². The van der Waals surface area contributed by atoms with Gasteiger partial charge in [-0.05, 0) is 49.1 Å². The molecule has 1 aromatic carbocycles. The number of halogens is 1. The van der Waals surface area contributed by atoms with Crippen molar-refractivity contribution in [2.75, 3.05) is 6.54 Å². The maximum atomic E-state index is 13.0. The molecule has 2 N–H and O–H groups in total. The molecule has 4 nitrogen and oxygen atoms in total. The van der Waals surface area contributed by atoms with Crippen LogP contribution < -0.4 is 5.73 Å². The monoisotopic (exact) mass is 332 g/mol. The summed E-state index contributed by atoms with van der Waals surface area (Å²) >= 11 is 1.34. The molecule has 0 unspecified atom stereocenters. The summed E-state index contributed by atoms with van der Waals surface area (Å²) < 4.78 is 13.0. The van der Waals surface area contributed by atoms with Gasteiger partial charge in [-0.1, -0.05) is 12.1 Å². The molecule has 6 heteroatoms. The summed E-state index contributed by atoms with van der Waals surface area (Å²) in [4.78, 5) is 27.3. The van der Waals surface area contributed by atoms with E-state index in [0.717, 1.165) is 23.3 Å². The van der Waals surface area contributed by atoms with Gasteiger partial charge in [-0.25, -0.2) is 4.39 Å². The second-order valence-corrected chi connectivity index (χ2v) is 6.67. The van der Waals surface area contributed by atoms with E-state index in [9.17, 15) is 14.0 Å². The number of rotatable bonds is 3. The van der Waals surface area contributed by atoms with Gasteiger partial charge in [0.05, 0.1) is 4.88 Å². The zero-order chi connectivity index (χ0) is 16.4. The quantitative estimate of drug-likeness (QED) is 0.939. The number of hydrogen-bond acceptors (Lipinski definition) is 3. The number of amides is 2. The third kappa shape index (κ3) is 3.27. The molecule has 2 heterocycles. The van der Waals surface area contributed by atoms with E-state index in [4.69, 9.17) is 5.73 Å². The summed E-state index contributed by atoms with van der Waals surface area (Å²) in [5, 5.41) is 0. The van der Waals surface area contributed by atoms with Crippen LogP contribution in [0, 0.1) is 5.82 Å². The van der Waals surface area contributed by atoms with Crippen LogP contribution in [0.15, 0.2) is 36.4 Å². The number of hydrogen-bond donors (Lipinski definition) is 1. The fourth-order valence-corrected chi connectivity index (χ4v) is 3.80. The molecule has 120 valence electrons. The summed E-state index contributed by atoms with van der Waals surface area (Å²) in [6.07, 6.45) is 2.41. The molecule has 1 aliphatic rings. The maximum Gasteiger partial charge on any atom is 0.264 e. The van der Waals surface area contributed by atoms with Crippen LogP contribution in [0.2, 0.25) is 0 Å². The van der Waals surface area contributed by atoms with E-state index in [-0.39, 0.29) is 11.7 Å². The Kier molecular flexibility index (Phi) is 4.43. The van der Waals surface area contributed by atoms with Crippen molar-refractivity contribution in [3.05, 3.63) is 47.1 Å². The van der Waals surface area contributed by atoms with Crippen LogP contribution in [0.3, 0.4) is 0 Å². The Morgan fingerprint density at radius 2 is 1.87 bits per heavy atom. The van der Waals surface area contributed by atoms with Crippen molar-refractivity contribution in [3.8, 4) is 10.4 Å². The van der Waals surface area contributed by atoms with Crippen molar-refractivity contribution in [2.24, 2.45) is 5.73 Å². The third-order valence-electron chi connectivity index (χ3n) is 4.04. The Hall–Kier alpha value is -2.21. The molecule has 1 fully saturated rings. The molecule has 0 radical (unpaired) electrons. The smallest absolute Gasteiger partial charge is 0.264 e. The van der Waals surface area contributed by atoms with Crippen molar-refractivity contribution in [1.82, 2.24) is 4.90 Å². The number of likely N-dealkylation sites (tertiary alicyclic amines) is 1. The van der Waals surface area contributed by atoms with Crippen LogP contribution in [0.5, 0.6) is 0 Å². The number of benzene rings is 1. The van der Waals surface area contributed by atoms with Gasteiger partial charge in [0.15, 0.2) is 0 Å². The highest BCUT2D eigenvalue weighted by Crippen LogP contribution is 2.30. The lowest BCUT2D eigenvalue weighted by atomic mass is 10.0. The van der Waals surface area contributed by atoms with E-state index in [2.05, 4.69) is 0 Å². The number of nitrogens with zero attached hydrogens (tertiary/aromatic N) is 1. The molecule has 1 saturated heterocycles. The normalized spacial score (nSPS) is 18.0. The molecular formula is C17H17FN2O2S. The standard InChI is InChI=1S/C17H17FN2O2S/c18-12-6-4-11(5-7-12)14-8-9-15(23-14)17(22)20-10-2-1-3-13(20)16(19)21/h4-9,13H,1-3,10H2,(H2,19,21)/t13-/m0/s1.